The predicted octanol–water partition coefficient (Wildman–Crippen LogP) is 2.35. The zero-order valence-corrected chi connectivity index (χ0v) is 13.9. The van der Waals surface area contributed by atoms with E-state index in [1.165, 1.54) is 12.8 Å². The van der Waals surface area contributed by atoms with E-state index in [1.807, 2.05) is 0 Å². The van der Waals surface area contributed by atoms with Crippen LogP contribution in [0.4, 0.5) is 9.59 Å². The van der Waals surface area contributed by atoms with E-state index in [4.69, 9.17) is 7.45 Å². The van der Waals surface area contributed by atoms with E-state index < -0.39 is 15.3 Å². The van der Waals surface area contributed by atoms with E-state index in [0.29, 0.717) is 0 Å². The summed E-state index contributed by atoms with van der Waals surface area (Å²) in [5, 5.41) is 0. The van der Waals surface area contributed by atoms with Crippen LogP contribution in [0.2, 0.25) is 5.71 Å². The maximum absolute atomic E-state index is 11.9. The third-order valence-electron chi connectivity index (χ3n) is 3.64. The molecule has 0 saturated carbocycles. The fourth-order valence-electron chi connectivity index (χ4n) is 2.51. The number of hydrogen-bond acceptors (Lipinski definition) is 4. The molecule has 2 saturated heterocycles. The van der Waals surface area contributed by atoms with Gasteiger partial charge in [-0.3, -0.25) is 0 Å². The Bertz CT molecular complexity index is 309. The average molecular weight is 346 g/mol. The standard InChI is InChI=1S/C13H23AsN2O4/c1-14(19-12(17)15-8-4-2-5-9-15)20-13(18)16-10-6-3-7-11-16/h2-11H2,1H3. The van der Waals surface area contributed by atoms with Gasteiger partial charge in [-0.25, -0.2) is 0 Å². The van der Waals surface area contributed by atoms with Crippen molar-refractivity contribution in [1.29, 1.82) is 0 Å². The molecular weight excluding hydrogens is 323 g/mol. The van der Waals surface area contributed by atoms with Crippen LogP contribution in [0, 0.1) is 0 Å². The van der Waals surface area contributed by atoms with Gasteiger partial charge in [-0.05, 0) is 0 Å². The molecule has 2 rings (SSSR count). The van der Waals surface area contributed by atoms with Gasteiger partial charge in [0.15, 0.2) is 0 Å². The second-order valence-corrected chi connectivity index (χ2v) is 7.86. The van der Waals surface area contributed by atoms with Crippen LogP contribution in [0.3, 0.4) is 0 Å². The molecule has 0 spiro atoms. The van der Waals surface area contributed by atoms with Crippen LogP contribution in [-0.2, 0) is 7.45 Å². The first-order valence-corrected chi connectivity index (χ1v) is 10.7. The Hall–Kier alpha value is -0.902. The van der Waals surface area contributed by atoms with Crippen LogP contribution in [0.1, 0.15) is 38.5 Å². The second kappa shape index (κ2) is 7.77. The summed E-state index contributed by atoms with van der Waals surface area (Å²) in [4.78, 5) is 27.2. The van der Waals surface area contributed by atoms with Gasteiger partial charge in [-0.15, -0.1) is 0 Å². The van der Waals surface area contributed by atoms with Crippen LogP contribution in [-0.4, -0.2) is 63.5 Å². The Morgan fingerprint density at radius 1 is 0.750 bits per heavy atom. The van der Waals surface area contributed by atoms with Crippen molar-refractivity contribution in [3.63, 3.8) is 0 Å². The van der Waals surface area contributed by atoms with Crippen LogP contribution in [0.15, 0.2) is 0 Å². The van der Waals surface area contributed by atoms with E-state index in [1.54, 1.807) is 15.5 Å². The molecule has 114 valence electrons. The molecule has 0 aromatic carbocycles. The SMILES string of the molecule is C[As](OC(=O)N1CCCCC1)OC(=O)N1CCCCC1. The molecule has 0 bridgehead atoms. The van der Waals surface area contributed by atoms with Crippen molar-refractivity contribution < 1.29 is 17.0 Å². The number of hydrogen-bond donors (Lipinski definition) is 0. The van der Waals surface area contributed by atoms with Crippen molar-refractivity contribution in [2.24, 2.45) is 0 Å². The molecule has 0 aromatic heterocycles. The van der Waals surface area contributed by atoms with Crippen molar-refractivity contribution in [2.45, 2.75) is 44.2 Å². The quantitative estimate of drug-likeness (QED) is 0.720. The maximum atomic E-state index is 11.9. The number of likely N-dealkylation sites (tertiary alicyclic amines) is 2. The zero-order valence-electron chi connectivity index (χ0n) is 12.0. The minimum absolute atomic E-state index is 0.321. The Balaban J connectivity index is 1.72. The summed E-state index contributed by atoms with van der Waals surface area (Å²) in [6, 6.07) is 0. The van der Waals surface area contributed by atoms with Gasteiger partial charge >= 0.3 is 125 Å². The van der Waals surface area contributed by atoms with E-state index >= 15 is 0 Å². The summed E-state index contributed by atoms with van der Waals surface area (Å²) in [6.07, 6.45) is 5.80. The third-order valence-corrected chi connectivity index (χ3v) is 5.38. The average Bonchev–Trinajstić information content (AvgIpc) is 2.49. The number of piperidine rings is 2. The van der Waals surface area contributed by atoms with Crippen LogP contribution >= 0.6 is 0 Å². The summed E-state index contributed by atoms with van der Waals surface area (Å²) >= 11 is -2.31. The molecule has 0 atom stereocenters. The van der Waals surface area contributed by atoms with Crippen molar-refractivity contribution >= 4 is 27.5 Å². The monoisotopic (exact) mass is 346 g/mol. The molecule has 7 heteroatoms. The number of carbonyl (C=O) groups is 2. The van der Waals surface area contributed by atoms with Gasteiger partial charge in [0.05, 0.1) is 0 Å². The topological polar surface area (TPSA) is 59.1 Å². The summed E-state index contributed by atoms with van der Waals surface area (Å²) < 4.78 is 10.6. The molecule has 2 aliphatic rings. The van der Waals surface area contributed by atoms with Gasteiger partial charge in [-0.1, -0.05) is 0 Å². The van der Waals surface area contributed by atoms with Gasteiger partial charge < -0.3 is 0 Å². The third kappa shape index (κ3) is 4.58. The number of amides is 2. The van der Waals surface area contributed by atoms with Crippen LogP contribution < -0.4 is 0 Å². The van der Waals surface area contributed by atoms with Crippen molar-refractivity contribution in [1.82, 2.24) is 9.80 Å². The van der Waals surface area contributed by atoms with Gasteiger partial charge in [0.1, 0.15) is 0 Å². The fourth-order valence-corrected chi connectivity index (χ4v) is 3.99. The zero-order chi connectivity index (χ0) is 14.4. The molecule has 2 heterocycles. The van der Waals surface area contributed by atoms with Gasteiger partial charge in [0.2, 0.25) is 0 Å². The first kappa shape index (κ1) is 15.5. The van der Waals surface area contributed by atoms with Gasteiger partial charge in [0.25, 0.3) is 0 Å². The van der Waals surface area contributed by atoms with Crippen molar-refractivity contribution in [2.75, 3.05) is 26.2 Å². The first-order chi connectivity index (χ1) is 9.66. The molecular formula is C13H23AsN2O4. The van der Waals surface area contributed by atoms with Crippen molar-refractivity contribution in [3.8, 4) is 0 Å². The number of nitrogens with zero attached hydrogens (tertiary/aromatic N) is 2. The molecule has 0 aromatic rings. The Morgan fingerprint density at radius 3 is 1.45 bits per heavy atom. The van der Waals surface area contributed by atoms with Gasteiger partial charge in [0, 0.05) is 0 Å². The van der Waals surface area contributed by atoms with E-state index in [0.717, 1.165) is 51.9 Å². The molecule has 20 heavy (non-hydrogen) atoms. The van der Waals surface area contributed by atoms with Gasteiger partial charge in [-0.2, -0.15) is 0 Å². The Labute approximate surface area is 125 Å². The summed E-state index contributed by atoms with van der Waals surface area (Å²) in [6.45, 7) is 3.00. The number of carbonyl (C=O) groups excluding carboxylic acids is 2. The van der Waals surface area contributed by atoms with Crippen LogP contribution in [0.5, 0.6) is 0 Å². The number of rotatable bonds is 2. The molecule has 0 N–H and O–H groups in total. The van der Waals surface area contributed by atoms with E-state index in [-0.39, 0.29) is 12.2 Å². The summed E-state index contributed by atoms with van der Waals surface area (Å²) in [7, 11) is 0. The predicted molar refractivity (Wildman–Crippen MR) is 75.4 cm³/mol. The normalized spacial score (nSPS) is 19.9. The van der Waals surface area contributed by atoms with E-state index in [9.17, 15) is 9.59 Å². The molecule has 6 nitrogen and oxygen atoms in total. The van der Waals surface area contributed by atoms with Crippen LogP contribution in [0.25, 0.3) is 0 Å². The summed E-state index contributed by atoms with van der Waals surface area (Å²) in [5.74, 6) is 0. The second-order valence-electron chi connectivity index (χ2n) is 5.25. The Kier molecular flexibility index (Phi) is 6.02. The molecule has 0 unspecified atom stereocenters. The fraction of sp³-hybridized carbons (Fsp3) is 0.846. The first-order valence-electron chi connectivity index (χ1n) is 7.34. The molecule has 2 amide bonds. The van der Waals surface area contributed by atoms with E-state index in [2.05, 4.69) is 0 Å². The Morgan fingerprint density at radius 2 is 1.10 bits per heavy atom. The molecule has 0 radical (unpaired) electrons. The molecule has 2 fully saturated rings. The molecule has 2 aliphatic heterocycles. The minimum atomic E-state index is -2.31. The summed E-state index contributed by atoms with van der Waals surface area (Å²) in [5.41, 5.74) is 1.73. The molecule has 0 aliphatic carbocycles. The van der Waals surface area contributed by atoms with Crippen molar-refractivity contribution in [3.05, 3.63) is 0 Å².